The van der Waals surface area contributed by atoms with E-state index < -0.39 is 0 Å². The van der Waals surface area contributed by atoms with E-state index in [2.05, 4.69) is 37.0 Å². The topological polar surface area (TPSA) is 54.6 Å². The SMILES string of the molecule is COc1ccc(CCC(=O)N2CCC(c3[nH]c4ccc(C)cc4c3C)CC2)cc1OC. The first-order chi connectivity index (χ1) is 15.0. The summed E-state index contributed by atoms with van der Waals surface area (Å²) in [6.07, 6.45) is 3.24. The fraction of sp³-hybridized carbons (Fsp3) is 0.423. The summed E-state index contributed by atoms with van der Waals surface area (Å²) in [6, 6.07) is 12.4. The molecular formula is C26H32N2O3. The van der Waals surface area contributed by atoms with E-state index in [4.69, 9.17) is 9.47 Å². The zero-order valence-electron chi connectivity index (χ0n) is 19.0. The first kappa shape index (κ1) is 21.3. The van der Waals surface area contributed by atoms with Gasteiger partial charge in [0.05, 0.1) is 14.2 Å². The average molecular weight is 421 g/mol. The van der Waals surface area contributed by atoms with Gasteiger partial charge in [-0.1, -0.05) is 17.7 Å². The number of nitrogens with one attached hydrogen (secondary N) is 1. The highest BCUT2D eigenvalue weighted by Gasteiger charge is 2.26. The van der Waals surface area contributed by atoms with Gasteiger partial charge in [0.15, 0.2) is 11.5 Å². The summed E-state index contributed by atoms with van der Waals surface area (Å²) in [5, 5.41) is 1.32. The molecule has 31 heavy (non-hydrogen) atoms. The van der Waals surface area contributed by atoms with Crippen molar-refractivity contribution in [2.75, 3.05) is 27.3 Å². The fourth-order valence-electron chi connectivity index (χ4n) is 4.73. The number of aromatic nitrogens is 1. The molecule has 5 nitrogen and oxygen atoms in total. The smallest absolute Gasteiger partial charge is 0.222 e. The molecule has 0 unspecified atom stereocenters. The zero-order valence-corrected chi connectivity index (χ0v) is 19.0. The molecule has 2 aromatic carbocycles. The number of fused-ring (bicyclic) bond motifs is 1. The van der Waals surface area contributed by atoms with Crippen molar-refractivity contribution in [3.8, 4) is 11.5 Å². The second-order valence-corrected chi connectivity index (χ2v) is 8.56. The van der Waals surface area contributed by atoms with Gasteiger partial charge in [-0.25, -0.2) is 0 Å². The van der Waals surface area contributed by atoms with Crippen LogP contribution in [0.1, 0.15) is 47.6 Å². The summed E-state index contributed by atoms with van der Waals surface area (Å²) in [4.78, 5) is 18.5. The maximum atomic E-state index is 12.8. The lowest BCUT2D eigenvalue weighted by Gasteiger charge is -2.32. The number of amides is 1. The summed E-state index contributed by atoms with van der Waals surface area (Å²) in [6.45, 7) is 6.00. The lowest BCUT2D eigenvalue weighted by molar-refractivity contribution is -0.132. The minimum absolute atomic E-state index is 0.234. The minimum atomic E-state index is 0.234. The lowest BCUT2D eigenvalue weighted by Crippen LogP contribution is -2.38. The van der Waals surface area contributed by atoms with Crippen molar-refractivity contribution in [2.24, 2.45) is 0 Å². The van der Waals surface area contributed by atoms with Gasteiger partial charge in [-0.3, -0.25) is 4.79 Å². The van der Waals surface area contributed by atoms with E-state index >= 15 is 0 Å². The van der Waals surface area contributed by atoms with Crippen molar-refractivity contribution in [3.63, 3.8) is 0 Å². The van der Waals surface area contributed by atoms with Crippen molar-refractivity contribution >= 4 is 16.8 Å². The largest absolute Gasteiger partial charge is 0.493 e. The summed E-state index contributed by atoms with van der Waals surface area (Å²) in [5.41, 5.74) is 6.29. The Morgan fingerprint density at radius 3 is 2.48 bits per heavy atom. The van der Waals surface area contributed by atoms with Gasteiger partial charge in [0.2, 0.25) is 5.91 Å². The maximum absolute atomic E-state index is 12.8. The number of carbonyl (C=O) groups excluding carboxylic acids is 1. The van der Waals surface area contributed by atoms with Crippen LogP contribution < -0.4 is 9.47 Å². The Kier molecular flexibility index (Phi) is 6.21. The number of ether oxygens (including phenoxy) is 2. The van der Waals surface area contributed by atoms with Crippen molar-refractivity contribution in [1.29, 1.82) is 0 Å². The van der Waals surface area contributed by atoms with Crippen LogP contribution in [-0.2, 0) is 11.2 Å². The number of hydrogen-bond acceptors (Lipinski definition) is 3. The number of nitrogens with zero attached hydrogens (tertiary/aromatic N) is 1. The van der Waals surface area contributed by atoms with E-state index in [0.29, 0.717) is 30.3 Å². The number of aryl methyl sites for hydroxylation is 3. The van der Waals surface area contributed by atoms with E-state index in [1.165, 1.54) is 27.7 Å². The molecule has 0 radical (unpaired) electrons. The third kappa shape index (κ3) is 4.41. The van der Waals surface area contributed by atoms with Gasteiger partial charge in [0.25, 0.3) is 0 Å². The molecule has 0 saturated carbocycles. The number of benzene rings is 2. The molecule has 164 valence electrons. The van der Waals surface area contributed by atoms with Gasteiger partial charge in [0.1, 0.15) is 0 Å². The summed E-state index contributed by atoms with van der Waals surface area (Å²) >= 11 is 0. The first-order valence-corrected chi connectivity index (χ1v) is 11.1. The van der Waals surface area contributed by atoms with Crippen LogP contribution >= 0.6 is 0 Å². The average Bonchev–Trinajstić information content (AvgIpc) is 3.13. The second-order valence-electron chi connectivity index (χ2n) is 8.56. The van der Waals surface area contributed by atoms with Gasteiger partial charge in [-0.2, -0.15) is 0 Å². The van der Waals surface area contributed by atoms with E-state index in [9.17, 15) is 4.79 Å². The van der Waals surface area contributed by atoms with Crippen LogP contribution in [0.3, 0.4) is 0 Å². The van der Waals surface area contributed by atoms with Gasteiger partial charge >= 0.3 is 0 Å². The van der Waals surface area contributed by atoms with Crippen molar-refractivity contribution in [1.82, 2.24) is 9.88 Å². The van der Waals surface area contributed by atoms with Crippen LogP contribution in [-0.4, -0.2) is 43.1 Å². The Balaban J connectivity index is 1.35. The quantitative estimate of drug-likeness (QED) is 0.601. The third-order valence-electron chi connectivity index (χ3n) is 6.58. The van der Waals surface area contributed by atoms with E-state index in [-0.39, 0.29) is 5.91 Å². The summed E-state index contributed by atoms with van der Waals surface area (Å²) in [5.74, 6) is 2.14. The van der Waals surface area contributed by atoms with Crippen LogP contribution in [0.2, 0.25) is 0 Å². The normalized spacial score (nSPS) is 14.8. The van der Waals surface area contributed by atoms with Crippen molar-refractivity contribution in [2.45, 2.75) is 45.4 Å². The molecule has 4 rings (SSSR count). The number of hydrogen-bond donors (Lipinski definition) is 1. The molecule has 1 aliphatic rings. The van der Waals surface area contributed by atoms with Gasteiger partial charge < -0.3 is 19.4 Å². The van der Waals surface area contributed by atoms with Crippen LogP contribution in [0.25, 0.3) is 10.9 Å². The van der Waals surface area contributed by atoms with E-state index in [1.807, 2.05) is 23.1 Å². The Labute approximate surface area is 184 Å². The van der Waals surface area contributed by atoms with Gasteiger partial charge in [-0.15, -0.1) is 0 Å². The Morgan fingerprint density at radius 1 is 1.03 bits per heavy atom. The molecule has 0 aliphatic carbocycles. The molecule has 1 aliphatic heterocycles. The van der Waals surface area contributed by atoms with Crippen LogP contribution in [0, 0.1) is 13.8 Å². The molecule has 1 aromatic heterocycles. The lowest BCUT2D eigenvalue weighted by atomic mass is 9.91. The molecular weight excluding hydrogens is 388 g/mol. The molecule has 1 N–H and O–H groups in total. The second kappa shape index (κ2) is 9.04. The van der Waals surface area contributed by atoms with Gasteiger partial charge in [-0.05, 0) is 68.5 Å². The summed E-state index contributed by atoms with van der Waals surface area (Å²) in [7, 11) is 3.26. The Morgan fingerprint density at radius 2 is 1.77 bits per heavy atom. The number of H-pyrrole nitrogens is 1. The molecule has 5 heteroatoms. The fourth-order valence-corrected chi connectivity index (χ4v) is 4.73. The Hall–Kier alpha value is -2.95. The van der Waals surface area contributed by atoms with Crippen molar-refractivity contribution < 1.29 is 14.3 Å². The highest BCUT2D eigenvalue weighted by atomic mass is 16.5. The highest BCUT2D eigenvalue weighted by molar-refractivity contribution is 5.85. The standard InChI is InChI=1S/C26H32N2O3/c1-17-5-8-22-21(15-17)18(2)26(27-22)20-11-13-28(14-12-20)25(29)10-7-19-6-9-23(30-3)24(16-19)31-4/h5-6,8-9,15-16,20,27H,7,10-14H2,1-4H3. The van der Waals surface area contributed by atoms with E-state index in [1.54, 1.807) is 14.2 Å². The van der Waals surface area contributed by atoms with Crippen LogP contribution in [0.4, 0.5) is 0 Å². The number of aromatic amines is 1. The Bertz CT molecular complexity index is 1080. The summed E-state index contributed by atoms with van der Waals surface area (Å²) < 4.78 is 10.7. The maximum Gasteiger partial charge on any atom is 0.222 e. The molecule has 0 bridgehead atoms. The van der Waals surface area contributed by atoms with Crippen LogP contribution in [0.5, 0.6) is 11.5 Å². The molecule has 0 atom stereocenters. The van der Waals surface area contributed by atoms with Crippen molar-refractivity contribution in [3.05, 3.63) is 58.8 Å². The number of likely N-dealkylation sites (tertiary alicyclic amines) is 1. The number of piperidine rings is 1. The number of methoxy groups -OCH3 is 2. The molecule has 3 aromatic rings. The zero-order chi connectivity index (χ0) is 22.0. The minimum Gasteiger partial charge on any atom is -0.493 e. The van der Waals surface area contributed by atoms with Gasteiger partial charge in [0, 0.05) is 42.0 Å². The predicted molar refractivity (Wildman–Crippen MR) is 124 cm³/mol. The molecule has 1 amide bonds. The predicted octanol–water partition coefficient (Wildman–Crippen LogP) is 5.14. The van der Waals surface area contributed by atoms with Crippen LogP contribution in [0.15, 0.2) is 36.4 Å². The molecule has 1 saturated heterocycles. The monoisotopic (exact) mass is 420 g/mol. The molecule has 2 heterocycles. The first-order valence-electron chi connectivity index (χ1n) is 11.1. The third-order valence-corrected chi connectivity index (χ3v) is 6.58. The molecule has 1 fully saturated rings. The number of rotatable bonds is 6. The van der Waals surface area contributed by atoms with E-state index in [0.717, 1.165) is 31.5 Å². The number of carbonyl (C=O) groups is 1. The molecule has 0 spiro atoms. The highest BCUT2D eigenvalue weighted by Crippen LogP contribution is 2.34.